The van der Waals surface area contributed by atoms with Gasteiger partial charge in [-0.1, -0.05) is 60.7 Å². The van der Waals surface area contributed by atoms with Crippen molar-refractivity contribution in [2.45, 2.75) is 6.54 Å². The van der Waals surface area contributed by atoms with Gasteiger partial charge in [0.25, 0.3) is 0 Å². The average molecular weight is 406 g/mol. The molecule has 0 amide bonds. The number of anilines is 1. The molecule has 4 rings (SSSR count). The lowest BCUT2D eigenvalue weighted by molar-refractivity contribution is 0.177. The van der Waals surface area contributed by atoms with Crippen molar-refractivity contribution in [3.63, 3.8) is 0 Å². The number of thiocarbonyl (C=S) groups is 1. The number of hydrogen-bond donors (Lipinski definition) is 1. The van der Waals surface area contributed by atoms with E-state index < -0.39 is 0 Å². The van der Waals surface area contributed by atoms with Crippen molar-refractivity contribution in [2.75, 3.05) is 31.5 Å². The number of halogens is 1. The Kier molecular flexibility index (Phi) is 6.17. The van der Waals surface area contributed by atoms with Crippen molar-refractivity contribution in [1.82, 2.24) is 9.80 Å². The topological polar surface area (TPSA) is 18.5 Å². The van der Waals surface area contributed by atoms with Gasteiger partial charge in [-0.3, -0.25) is 4.90 Å². The molecule has 0 bridgehead atoms. The van der Waals surface area contributed by atoms with Gasteiger partial charge in [-0.2, -0.15) is 0 Å². The minimum atomic E-state index is -0.189. The monoisotopic (exact) mass is 405 g/mol. The van der Waals surface area contributed by atoms with Crippen molar-refractivity contribution in [1.29, 1.82) is 0 Å². The molecule has 1 heterocycles. The van der Waals surface area contributed by atoms with E-state index in [1.807, 2.05) is 42.5 Å². The molecule has 0 aromatic heterocycles. The van der Waals surface area contributed by atoms with E-state index in [0.717, 1.165) is 54.7 Å². The first kappa shape index (κ1) is 19.6. The molecule has 1 aliphatic rings. The largest absolute Gasteiger partial charge is 0.346 e. The van der Waals surface area contributed by atoms with Gasteiger partial charge in [0.2, 0.25) is 0 Å². The van der Waals surface area contributed by atoms with Gasteiger partial charge in [-0.25, -0.2) is 4.39 Å². The Bertz CT molecular complexity index is 951. The number of rotatable bonds is 4. The molecular formula is C24H24FN3S. The van der Waals surface area contributed by atoms with Crippen LogP contribution in [0.15, 0.2) is 78.9 Å². The summed E-state index contributed by atoms with van der Waals surface area (Å²) in [5, 5.41) is 4.21. The second-order valence-corrected chi connectivity index (χ2v) is 7.62. The molecule has 0 saturated carbocycles. The summed E-state index contributed by atoms with van der Waals surface area (Å²) >= 11 is 5.70. The van der Waals surface area contributed by atoms with Gasteiger partial charge in [0.1, 0.15) is 5.82 Å². The van der Waals surface area contributed by atoms with Crippen LogP contribution in [0.3, 0.4) is 0 Å². The molecule has 1 fully saturated rings. The van der Waals surface area contributed by atoms with Crippen LogP contribution in [0.4, 0.5) is 10.1 Å². The summed E-state index contributed by atoms with van der Waals surface area (Å²) in [6.07, 6.45) is 0. The average Bonchev–Trinajstić information content (AvgIpc) is 2.77. The van der Waals surface area contributed by atoms with Gasteiger partial charge >= 0.3 is 0 Å². The Hall–Kier alpha value is -2.76. The van der Waals surface area contributed by atoms with E-state index in [1.54, 1.807) is 0 Å². The third-order valence-corrected chi connectivity index (χ3v) is 5.59. The first-order chi connectivity index (χ1) is 14.2. The Labute approximate surface area is 176 Å². The number of nitrogens with zero attached hydrogens (tertiary/aromatic N) is 2. The Morgan fingerprint density at radius 2 is 1.48 bits per heavy atom. The predicted molar refractivity (Wildman–Crippen MR) is 121 cm³/mol. The van der Waals surface area contributed by atoms with Gasteiger partial charge in [-0.15, -0.1) is 0 Å². The van der Waals surface area contributed by atoms with Crippen LogP contribution in [-0.4, -0.2) is 41.1 Å². The number of piperazine rings is 1. The zero-order valence-corrected chi connectivity index (χ0v) is 17.0. The molecule has 3 nitrogen and oxygen atoms in total. The van der Waals surface area contributed by atoms with Crippen molar-refractivity contribution >= 4 is 23.0 Å². The van der Waals surface area contributed by atoms with Crippen molar-refractivity contribution in [3.8, 4) is 11.1 Å². The summed E-state index contributed by atoms with van der Waals surface area (Å²) in [5.74, 6) is -0.189. The smallest absolute Gasteiger partial charge is 0.173 e. The molecule has 0 spiro atoms. The maximum absolute atomic E-state index is 13.1. The Morgan fingerprint density at radius 1 is 0.828 bits per heavy atom. The van der Waals surface area contributed by atoms with E-state index in [2.05, 4.69) is 39.4 Å². The molecule has 0 unspecified atom stereocenters. The van der Waals surface area contributed by atoms with Crippen LogP contribution >= 0.6 is 12.2 Å². The first-order valence-corrected chi connectivity index (χ1v) is 10.3. The molecule has 5 heteroatoms. The fourth-order valence-corrected chi connectivity index (χ4v) is 3.91. The van der Waals surface area contributed by atoms with Crippen LogP contribution in [0.5, 0.6) is 0 Å². The minimum Gasteiger partial charge on any atom is -0.346 e. The lowest BCUT2D eigenvalue weighted by Crippen LogP contribution is -2.49. The predicted octanol–water partition coefficient (Wildman–Crippen LogP) is 5.01. The van der Waals surface area contributed by atoms with Crippen LogP contribution in [0, 0.1) is 5.82 Å². The lowest BCUT2D eigenvalue weighted by atomic mass is 10.0. The van der Waals surface area contributed by atoms with Crippen molar-refractivity contribution in [2.24, 2.45) is 0 Å². The van der Waals surface area contributed by atoms with E-state index in [-0.39, 0.29) is 5.82 Å². The molecular weight excluding hydrogens is 381 g/mol. The quantitative estimate of drug-likeness (QED) is 0.615. The standard InChI is InChI=1S/C24H24FN3S/c25-21-12-10-19(11-13-21)18-27-14-16-28(17-15-27)24(29)26-23-9-5-4-8-22(23)20-6-2-1-3-7-20/h1-13H,14-18H2,(H,26,29). The highest BCUT2D eigenvalue weighted by atomic mass is 32.1. The number of hydrogen-bond acceptors (Lipinski definition) is 2. The molecule has 148 valence electrons. The first-order valence-electron chi connectivity index (χ1n) is 9.86. The van der Waals surface area contributed by atoms with E-state index in [4.69, 9.17) is 12.2 Å². The molecule has 1 saturated heterocycles. The second kappa shape index (κ2) is 9.16. The number of nitrogens with one attached hydrogen (secondary N) is 1. The van der Waals surface area contributed by atoms with Gasteiger partial charge in [0.05, 0.1) is 0 Å². The zero-order chi connectivity index (χ0) is 20.1. The highest BCUT2D eigenvalue weighted by Gasteiger charge is 2.19. The van der Waals surface area contributed by atoms with Crippen LogP contribution < -0.4 is 5.32 Å². The maximum Gasteiger partial charge on any atom is 0.173 e. The molecule has 3 aromatic carbocycles. The molecule has 1 N–H and O–H groups in total. The molecule has 0 atom stereocenters. The SMILES string of the molecule is Fc1ccc(CN2CCN(C(=S)Nc3ccccc3-c3ccccc3)CC2)cc1. The maximum atomic E-state index is 13.1. The molecule has 1 aliphatic heterocycles. The van der Waals surface area contributed by atoms with E-state index >= 15 is 0 Å². The normalized spacial score (nSPS) is 14.6. The van der Waals surface area contributed by atoms with Gasteiger partial charge in [-0.05, 0) is 41.5 Å². The van der Waals surface area contributed by atoms with Crippen LogP contribution in [0.2, 0.25) is 0 Å². The molecule has 0 aliphatic carbocycles. The van der Waals surface area contributed by atoms with Crippen LogP contribution in [-0.2, 0) is 6.54 Å². The van der Waals surface area contributed by atoms with Gasteiger partial charge in [0, 0.05) is 44.0 Å². The third-order valence-electron chi connectivity index (χ3n) is 5.23. The zero-order valence-electron chi connectivity index (χ0n) is 16.2. The van der Waals surface area contributed by atoms with E-state index in [9.17, 15) is 4.39 Å². The number of para-hydroxylation sites is 1. The molecule has 29 heavy (non-hydrogen) atoms. The van der Waals surface area contributed by atoms with E-state index in [1.165, 1.54) is 17.7 Å². The third kappa shape index (κ3) is 5.00. The van der Waals surface area contributed by atoms with Gasteiger partial charge < -0.3 is 10.2 Å². The summed E-state index contributed by atoms with van der Waals surface area (Å²) in [6.45, 7) is 4.45. The van der Waals surface area contributed by atoms with Gasteiger partial charge in [0.15, 0.2) is 5.11 Å². The summed E-state index contributed by atoms with van der Waals surface area (Å²) < 4.78 is 13.1. The summed E-state index contributed by atoms with van der Waals surface area (Å²) in [7, 11) is 0. The van der Waals surface area contributed by atoms with Crippen LogP contribution in [0.25, 0.3) is 11.1 Å². The second-order valence-electron chi connectivity index (χ2n) is 7.23. The van der Waals surface area contributed by atoms with Crippen LogP contribution in [0.1, 0.15) is 5.56 Å². The lowest BCUT2D eigenvalue weighted by Gasteiger charge is -2.36. The van der Waals surface area contributed by atoms with E-state index in [0.29, 0.717) is 0 Å². The number of benzene rings is 3. The Morgan fingerprint density at radius 3 is 2.21 bits per heavy atom. The minimum absolute atomic E-state index is 0.189. The highest BCUT2D eigenvalue weighted by molar-refractivity contribution is 7.80. The fraction of sp³-hybridized carbons (Fsp3) is 0.208. The molecule has 3 aromatic rings. The van der Waals surface area contributed by atoms with Crippen molar-refractivity contribution < 1.29 is 4.39 Å². The summed E-state index contributed by atoms with van der Waals surface area (Å²) in [4.78, 5) is 4.60. The fourth-order valence-electron chi connectivity index (χ4n) is 3.61. The molecule has 0 radical (unpaired) electrons. The summed E-state index contributed by atoms with van der Waals surface area (Å²) in [6, 6.07) is 25.3. The summed E-state index contributed by atoms with van der Waals surface area (Å²) in [5.41, 5.74) is 4.47. The van der Waals surface area contributed by atoms with Crippen molar-refractivity contribution in [3.05, 3.63) is 90.2 Å². The Balaban J connectivity index is 1.35. The highest BCUT2D eigenvalue weighted by Crippen LogP contribution is 2.27.